The summed E-state index contributed by atoms with van der Waals surface area (Å²) in [4.78, 5) is 20.7. The van der Waals surface area contributed by atoms with Gasteiger partial charge in [-0.2, -0.15) is 10.1 Å². The second-order valence-corrected chi connectivity index (χ2v) is 6.24. The minimum absolute atomic E-state index is 0.0861. The molecule has 1 aliphatic rings. The number of furan rings is 1. The van der Waals surface area contributed by atoms with E-state index in [1.165, 1.54) is 11.8 Å². The van der Waals surface area contributed by atoms with E-state index in [0.29, 0.717) is 50.3 Å². The first-order chi connectivity index (χ1) is 13.3. The number of benzene rings is 1. The zero-order valence-electron chi connectivity index (χ0n) is 14.8. The minimum Gasteiger partial charge on any atom is -0.459 e. The first-order valence-corrected chi connectivity index (χ1v) is 8.85. The van der Waals surface area contributed by atoms with Gasteiger partial charge in [0.25, 0.3) is 5.91 Å². The fraction of sp³-hybridized carbons (Fsp3) is 0.263. The summed E-state index contributed by atoms with van der Waals surface area (Å²) in [6.45, 7) is 3.14. The normalized spacial score (nSPS) is 14.2. The third kappa shape index (κ3) is 4.05. The number of nitrogens with one attached hydrogen (secondary N) is 1. The fourth-order valence-corrected chi connectivity index (χ4v) is 2.97. The number of aromatic nitrogens is 3. The van der Waals surface area contributed by atoms with Crippen molar-refractivity contribution in [3.63, 3.8) is 0 Å². The van der Waals surface area contributed by atoms with Crippen LogP contribution < -0.4 is 10.2 Å². The van der Waals surface area contributed by atoms with Crippen molar-refractivity contribution in [2.45, 2.75) is 6.54 Å². The van der Waals surface area contributed by atoms with Crippen LogP contribution in [0.3, 0.4) is 0 Å². The number of carbonyl (C=O) groups is 1. The molecule has 0 spiro atoms. The third-order valence-corrected chi connectivity index (χ3v) is 4.45. The SMILES string of the molecule is O=C(c1ccco1)N1CCN(c2nncc(NCc3ccccc3)n2)CC1. The zero-order chi connectivity index (χ0) is 18.5. The zero-order valence-corrected chi connectivity index (χ0v) is 14.8. The summed E-state index contributed by atoms with van der Waals surface area (Å²) >= 11 is 0. The van der Waals surface area contributed by atoms with Crippen molar-refractivity contribution in [3.8, 4) is 0 Å². The molecule has 1 N–H and O–H groups in total. The van der Waals surface area contributed by atoms with Gasteiger partial charge in [-0.1, -0.05) is 30.3 Å². The largest absolute Gasteiger partial charge is 0.459 e. The van der Waals surface area contributed by atoms with E-state index in [1.807, 2.05) is 23.1 Å². The van der Waals surface area contributed by atoms with E-state index in [-0.39, 0.29) is 5.91 Å². The molecule has 1 saturated heterocycles. The average molecular weight is 364 g/mol. The van der Waals surface area contributed by atoms with E-state index in [1.54, 1.807) is 23.2 Å². The quantitative estimate of drug-likeness (QED) is 0.741. The number of amides is 1. The maximum absolute atomic E-state index is 12.3. The van der Waals surface area contributed by atoms with Gasteiger partial charge in [0.05, 0.1) is 12.5 Å². The fourth-order valence-electron chi connectivity index (χ4n) is 2.97. The molecule has 8 nitrogen and oxygen atoms in total. The maximum atomic E-state index is 12.3. The van der Waals surface area contributed by atoms with Gasteiger partial charge in [-0.15, -0.1) is 5.10 Å². The molecule has 3 heterocycles. The summed E-state index contributed by atoms with van der Waals surface area (Å²) in [5, 5.41) is 11.5. The van der Waals surface area contributed by atoms with Crippen LogP contribution in [0, 0.1) is 0 Å². The number of piperazine rings is 1. The van der Waals surface area contributed by atoms with Crippen molar-refractivity contribution in [1.29, 1.82) is 0 Å². The molecular weight excluding hydrogens is 344 g/mol. The van der Waals surface area contributed by atoms with E-state index in [2.05, 4.69) is 32.6 Å². The standard InChI is InChI=1S/C19H20N6O2/c26-18(16-7-4-12-27-16)24-8-10-25(11-9-24)19-22-17(14-21-23-19)20-13-15-5-2-1-3-6-15/h1-7,12,14H,8-11,13H2,(H,20,22,23). The molecule has 0 unspecified atom stereocenters. The van der Waals surface area contributed by atoms with Gasteiger partial charge in [-0.3, -0.25) is 4.79 Å². The van der Waals surface area contributed by atoms with E-state index >= 15 is 0 Å². The van der Waals surface area contributed by atoms with E-state index < -0.39 is 0 Å². The van der Waals surface area contributed by atoms with Gasteiger partial charge < -0.3 is 19.5 Å². The smallest absolute Gasteiger partial charge is 0.289 e. The summed E-state index contributed by atoms with van der Waals surface area (Å²) in [5.74, 6) is 1.53. The van der Waals surface area contributed by atoms with Crippen molar-refractivity contribution in [3.05, 3.63) is 66.2 Å². The van der Waals surface area contributed by atoms with Crippen LogP contribution in [0.15, 0.2) is 59.3 Å². The Morgan fingerprint density at radius 3 is 2.63 bits per heavy atom. The van der Waals surface area contributed by atoms with Gasteiger partial charge in [0, 0.05) is 32.7 Å². The predicted molar refractivity (Wildman–Crippen MR) is 100 cm³/mol. The monoisotopic (exact) mass is 364 g/mol. The van der Waals surface area contributed by atoms with Crippen molar-refractivity contribution >= 4 is 17.7 Å². The lowest BCUT2D eigenvalue weighted by atomic mass is 10.2. The van der Waals surface area contributed by atoms with Crippen LogP contribution in [0.2, 0.25) is 0 Å². The molecule has 138 valence electrons. The Hall–Kier alpha value is -3.42. The topological polar surface area (TPSA) is 87.4 Å². The number of anilines is 2. The van der Waals surface area contributed by atoms with Gasteiger partial charge in [-0.25, -0.2) is 0 Å². The molecule has 8 heteroatoms. The highest BCUT2D eigenvalue weighted by molar-refractivity contribution is 5.91. The molecule has 0 atom stereocenters. The van der Waals surface area contributed by atoms with E-state index in [0.717, 1.165) is 0 Å². The number of nitrogens with zero attached hydrogens (tertiary/aromatic N) is 5. The highest BCUT2D eigenvalue weighted by atomic mass is 16.3. The first kappa shape index (κ1) is 17.0. The van der Waals surface area contributed by atoms with Crippen molar-refractivity contribution in [2.24, 2.45) is 0 Å². The van der Waals surface area contributed by atoms with Crippen LogP contribution in [0.5, 0.6) is 0 Å². The Labute approximate surface area is 156 Å². The molecule has 1 aromatic carbocycles. The van der Waals surface area contributed by atoms with Gasteiger partial charge in [0.15, 0.2) is 11.6 Å². The molecule has 0 aliphatic carbocycles. The summed E-state index contributed by atoms with van der Waals surface area (Å²) in [5.41, 5.74) is 1.17. The number of hydrogen-bond acceptors (Lipinski definition) is 7. The predicted octanol–water partition coefficient (Wildman–Crippen LogP) is 2.04. The molecular formula is C19H20N6O2. The van der Waals surface area contributed by atoms with Crippen LogP contribution in [0.4, 0.5) is 11.8 Å². The van der Waals surface area contributed by atoms with Crippen LogP contribution in [0.1, 0.15) is 16.1 Å². The van der Waals surface area contributed by atoms with Crippen LogP contribution in [-0.2, 0) is 6.54 Å². The first-order valence-electron chi connectivity index (χ1n) is 8.85. The molecule has 1 aliphatic heterocycles. The average Bonchev–Trinajstić information content (AvgIpc) is 3.28. The lowest BCUT2D eigenvalue weighted by molar-refractivity contribution is 0.0714. The summed E-state index contributed by atoms with van der Waals surface area (Å²) in [7, 11) is 0. The second kappa shape index (κ2) is 7.86. The summed E-state index contributed by atoms with van der Waals surface area (Å²) < 4.78 is 5.19. The van der Waals surface area contributed by atoms with Gasteiger partial charge >= 0.3 is 0 Å². The lowest BCUT2D eigenvalue weighted by Crippen LogP contribution is -2.49. The Balaban J connectivity index is 1.35. The van der Waals surface area contributed by atoms with Gasteiger partial charge in [-0.05, 0) is 17.7 Å². The third-order valence-electron chi connectivity index (χ3n) is 4.45. The minimum atomic E-state index is -0.0861. The molecule has 0 radical (unpaired) electrons. The molecule has 1 amide bonds. The Bertz CT molecular complexity index is 876. The second-order valence-electron chi connectivity index (χ2n) is 6.24. The Morgan fingerprint density at radius 2 is 1.89 bits per heavy atom. The van der Waals surface area contributed by atoms with Gasteiger partial charge in [0.2, 0.25) is 5.95 Å². The maximum Gasteiger partial charge on any atom is 0.289 e. The molecule has 0 bridgehead atoms. The lowest BCUT2D eigenvalue weighted by Gasteiger charge is -2.34. The van der Waals surface area contributed by atoms with E-state index in [4.69, 9.17) is 4.42 Å². The number of carbonyl (C=O) groups excluding carboxylic acids is 1. The highest BCUT2D eigenvalue weighted by Gasteiger charge is 2.25. The number of rotatable bonds is 5. The highest BCUT2D eigenvalue weighted by Crippen LogP contribution is 2.15. The molecule has 27 heavy (non-hydrogen) atoms. The van der Waals surface area contributed by atoms with Crippen LogP contribution in [-0.4, -0.2) is 52.2 Å². The van der Waals surface area contributed by atoms with Crippen molar-refractivity contribution < 1.29 is 9.21 Å². The van der Waals surface area contributed by atoms with Crippen LogP contribution >= 0.6 is 0 Å². The van der Waals surface area contributed by atoms with Crippen molar-refractivity contribution in [2.75, 3.05) is 36.4 Å². The molecule has 0 saturated carbocycles. The summed E-state index contributed by atoms with van der Waals surface area (Å²) in [6, 6.07) is 13.5. The Morgan fingerprint density at radius 1 is 1.07 bits per heavy atom. The van der Waals surface area contributed by atoms with Gasteiger partial charge in [0.1, 0.15) is 0 Å². The Kier molecular flexibility index (Phi) is 4.95. The molecule has 4 rings (SSSR count). The number of hydrogen-bond donors (Lipinski definition) is 1. The summed E-state index contributed by atoms with van der Waals surface area (Å²) in [6.07, 6.45) is 3.13. The van der Waals surface area contributed by atoms with Crippen LogP contribution in [0.25, 0.3) is 0 Å². The molecule has 1 fully saturated rings. The van der Waals surface area contributed by atoms with E-state index in [9.17, 15) is 4.79 Å². The molecule has 3 aromatic rings. The molecule has 2 aromatic heterocycles. The van der Waals surface area contributed by atoms with Crippen molar-refractivity contribution in [1.82, 2.24) is 20.1 Å².